The minimum Gasteiger partial charge on any atom is -0.340 e. The Morgan fingerprint density at radius 1 is 0.867 bits per heavy atom. The van der Waals surface area contributed by atoms with Crippen molar-refractivity contribution < 1.29 is 4.79 Å². The molecule has 2 amide bonds. The number of anilines is 4. The van der Waals surface area contributed by atoms with Crippen molar-refractivity contribution in [3.05, 3.63) is 84.7 Å². The van der Waals surface area contributed by atoms with Crippen LogP contribution in [-0.2, 0) is 0 Å². The molecule has 8 heteroatoms. The number of hydrogen-bond acceptors (Lipinski definition) is 5. The molecule has 0 aliphatic carbocycles. The zero-order valence-electron chi connectivity index (χ0n) is 16.6. The number of nitrogens with zero attached hydrogens (tertiary/aromatic N) is 4. The van der Waals surface area contributed by atoms with Crippen LogP contribution in [0.15, 0.2) is 73.6 Å². The van der Waals surface area contributed by atoms with Gasteiger partial charge in [-0.05, 0) is 61.4 Å². The molecular formula is C22H21N7O. The van der Waals surface area contributed by atoms with Crippen LogP contribution in [0.5, 0.6) is 0 Å². The Balaban J connectivity index is 1.38. The van der Waals surface area contributed by atoms with Crippen molar-refractivity contribution in [3.8, 4) is 5.82 Å². The highest BCUT2D eigenvalue weighted by molar-refractivity contribution is 5.99. The van der Waals surface area contributed by atoms with Gasteiger partial charge >= 0.3 is 6.03 Å². The molecule has 4 aromatic rings. The third-order valence-electron chi connectivity index (χ3n) is 4.32. The van der Waals surface area contributed by atoms with Crippen molar-refractivity contribution in [2.24, 2.45) is 0 Å². The third kappa shape index (κ3) is 4.79. The van der Waals surface area contributed by atoms with E-state index in [9.17, 15) is 4.79 Å². The van der Waals surface area contributed by atoms with Gasteiger partial charge in [-0.3, -0.25) is 4.57 Å². The molecular weight excluding hydrogens is 378 g/mol. The van der Waals surface area contributed by atoms with Gasteiger partial charge in [0.05, 0.1) is 0 Å². The summed E-state index contributed by atoms with van der Waals surface area (Å²) in [6, 6.07) is 14.8. The number of carbonyl (C=O) groups is 1. The predicted octanol–water partition coefficient (Wildman–Crippen LogP) is 4.67. The van der Waals surface area contributed by atoms with Gasteiger partial charge in [0.1, 0.15) is 24.3 Å². The number of rotatable bonds is 5. The smallest absolute Gasteiger partial charge is 0.323 e. The van der Waals surface area contributed by atoms with Gasteiger partial charge in [0, 0.05) is 35.5 Å². The molecule has 8 nitrogen and oxygen atoms in total. The SMILES string of the molecule is Cc1cc(C)cc(NC(=O)Nc2ccc(Nc3cc(-n4ccnc4)ncn3)cc2)c1. The van der Waals surface area contributed by atoms with Crippen LogP contribution in [0.3, 0.4) is 0 Å². The molecule has 3 N–H and O–H groups in total. The number of nitrogens with one attached hydrogen (secondary N) is 3. The lowest BCUT2D eigenvalue weighted by Gasteiger charge is -2.11. The molecule has 0 bridgehead atoms. The van der Waals surface area contributed by atoms with Crippen LogP contribution in [0, 0.1) is 13.8 Å². The first-order chi connectivity index (χ1) is 14.5. The normalized spacial score (nSPS) is 10.5. The minimum absolute atomic E-state index is 0.290. The van der Waals surface area contributed by atoms with Gasteiger partial charge in [-0.2, -0.15) is 0 Å². The molecule has 0 spiro atoms. The van der Waals surface area contributed by atoms with Crippen molar-refractivity contribution in [2.75, 3.05) is 16.0 Å². The lowest BCUT2D eigenvalue weighted by Crippen LogP contribution is -2.19. The van der Waals surface area contributed by atoms with Crippen molar-refractivity contribution in [3.63, 3.8) is 0 Å². The van der Waals surface area contributed by atoms with Gasteiger partial charge in [-0.25, -0.2) is 19.7 Å². The quantitative estimate of drug-likeness (QED) is 0.453. The van der Waals surface area contributed by atoms with Gasteiger partial charge in [-0.15, -0.1) is 0 Å². The number of urea groups is 1. The summed E-state index contributed by atoms with van der Waals surface area (Å²) in [6.45, 7) is 4.00. The Labute approximate surface area is 174 Å². The largest absolute Gasteiger partial charge is 0.340 e. The van der Waals surface area contributed by atoms with E-state index in [1.807, 2.05) is 62.5 Å². The molecule has 4 rings (SSSR count). The number of aromatic nitrogens is 4. The van der Waals surface area contributed by atoms with Crippen LogP contribution in [-0.4, -0.2) is 25.6 Å². The van der Waals surface area contributed by atoms with Crippen molar-refractivity contribution in [1.29, 1.82) is 0 Å². The average molecular weight is 399 g/mol. The predicted molar refractivity (Wildman–Crippen MR) is 117 cm³/mol. The van der Waals surface area contributed by atoms with E-state index >= 15 is 0 Å². The van der Waals surface area contributed by atoms with E-state index in [-0.39, 0.29) is 6.03 Å². The molecule has 0 atom stereocenters. The first-order valence-corrected chi connectivity index (χ1v) is 9.39. The van der Waals surface area contributed by atoms with Crippen LogP contribution < -0.4 is 16.0 Å². The van der Waals surface area contributed by atoms with Crippen LogP contribution in [0.4, 0.5) is 27.7 Å². The molecule has 0 aliphatic rings. The van der Waals surface area contributed by atoms with E-state index in [0.717, 1.165) is 22.5 Å². The number of hydrogen-bond donors (Lipinski definition) is 3. The summed E-state index contributed by atoms with van der Waals surface area (Å²) in [5.41, 5.74) is 4.48. The molecule has 2 heterocycles. The molecule has 2 aromatic carbocycles. The summed E-state index contributed by atoms with van der Waals surface area (Å²) in [5, 5.41) is 8.92. The summed E-state index contributed by atoms with van der Waals surface area (Å²) in [5.74, 6) is 1.37. The zero-order valence-corrected chi connectivity index (χ0v) is 16.6. The first-order valence-electron chi connectivity index (χ1n) is 9.39. The highest BCUT2D eigenvalue weighted by Crippen LogP contribution is 2.19. The Hall–Kier alpha value is -4.20. The monoisotopic (exact) mass is 399 g/mol. The van der Waals surface area contributed by atoms with Crippen LogP contribution >= 0.6 is 0 Å². The third-order valence-corrected chi connectivity index (χ3v) is 4.32. The molecule has 0 radical (unpaired) electrons. The maximum Gasteiger partial charge on any atom is 0.323 e. The second-order valence-electron chi connectivity index (χ2n) is 6.89. The van der Waals surface area contributed by atoms with Crippen LogP contribution in [0.1, 0.15) is 11.1 Å². The van der Waals surface area contributed by atoms with Gasteiger partial charge in [0.25, 0.3) is 0 Å². The van der Waals surface area contributed by atoms with E-state index in [4.69, 9.17) is 0 Å². The molecule has 0 saturated carbocycles. The fourth-order valence-electron chi connectivity index (χ4n) is 3.08. The summed E-state index contributed by atoms with van der Waals surface area (Å²) < 4.78 is 1.80. The Morgan fingerprint density at radius 2 is 1.57 bits per heavy atom. The highest BCUT2D eigenvalue weighted by Gasteiger charge is 2.05. The van der Waals surface area contributed by atoms with E-state index in [2.05, 4.69) is 37.0 Å². The van der Waals surface area contributed by atoms with Gasteiger partial charge in [0.2, 0.25) is 0 Å². The van der Waals surface area contributed by atoms with Crippen LogP contribution in [0.25, 0.3) is 5.82 Å². The fourth-order valence-corrected chi connectivity index (χ4v) is 3.08. The standard InChI is InChI=1S/C22H21N7O/c1-15-9-16(2)11-19(10-15)28-22(30)27-18-5-3-17(4-6-18)26-20-12-21(25-13-24-20)29-8-7-23-14-29/h3-14H,1-2H3,(H,24,25,26)(H2,27,28,30). The maximum atomic E-state index is 12.3. The lowest BCUT2D eigenvalue weighted by molar-refractivity contribution is 0.262. The van der Waals surface area contributed by atoms with E-state index < -0.39 is 0 Å². The van der Waals surface area contributed by atoms with E-state index in [1.54, 1.807) is 17.1 Å². The van der Waals surface area contributed by atoms with Gasteiger partial charge in [0.15, 0.2) is 0 Å². The first kappa shape index (κ1) is 19.1. The summed E-state index contributed by atoms with van der Waals surface area (Å²) in [6.07, 6.45) is 6.67. The average Bonchev–Trinajstić information content (AvgIpc) is 3.24. The highest BCUT2D eigenvalue weighted by atomic mass is 16.2. The number of imidazole rings is 1. The number of carbonyl (C=O) groups excluding carboxylic acids is 1. The second-order valence-corrected chi connectivity index (χ2v) is 6.89. The number of amides is 2. The summed E-state index contributed by atoms with van der Waals surface area (Å²) >= 11 is 0. The molecule has 0 aliphatic heterocycles. The van der Waals surface area contributed by atoms with Crippen molar-refractivity contribution >= 4 is 28.9 Å². The number of aryl methyl sites for hydroxylation is 2. The molecule has 30 heavy (non-hydrogen) atoms. The molecule has 0 fully saturated rings. The van der Waals surface area contributed by atoms with E-state index in [1.165, 1.54) is 6.33 Å². The molecule has 150 valence electrons. The van der Waals surface area contributed by atoms with Gasteiger partial charge in [-0.1, -0.05) is 6.07 Å². The molecule has 0 saturated heterocycles. The zero-order chi connectivity index (χ0) is 20.9. The second kappa shape index (κ2) is 8.44. The number of benzene rings is 2. The summed E-state index contributed by atoms with van der Waals surface area (Å²) in [4.78, 5) is 24.8. The minimum atomic E-state index is -0.290. The van der Waals surface area contributed by atoms with Gasteiger partial charge < -0.3 is 16.0 Å². The van der Waals surface area contributed by atoms with E-state index in [0.29, 0.717) is 17.3 Å². The summed E-state index contributed by atoms with van der Waals surface area (Å²) in [7, 11) is 0. The molecule has 2 aromatic heterocycles. The Morgan fingerprint density at radius 3 is 2.27 bits per heavy atom. The fraction of sp³-hybridized carbons (Fsp3) is 0.0909. The topological polar surface area (TPSA) is 96.8 Å². The molecule has 0 unspecified atom stereocenters. The maximum absolute atomic E-state index is 12.3. The van der Waals surface area contributed by atoms with Crippen molar-refractivity contribution in [1.82, 2.24) is 19.5 Å². The Bertz CT molecular complexity index is 1130. The Kier molecular flexibility index (Phi) is 5.38. The lowest BCUT2D eigenvalue weighted by atomic mass is 10.1. The van der Waals surface area contributed by atoms with Crippen LogP contribution in [0.2, 0.25) is 0 Å². The van der Waals surface area contributed by atoms with Crippen molar-refractivity contribution in [2.45, 2.75) is 13.8 Å².